The zero-order valence-electron chi connectivity index (χ0n) is 33.9. The largest absolute Gasteiger partial charge is 0.208 e. The molecule has 4 nitrogen and oxygen atoms in total. The van der Waals surface area contributed by atoms with Gasteiger partial charge in [0.25, 0.3) is 0 Å². The number of rotatable bonds is 6. The maximum Gasteiger partial charge on any atom is 0.164 e. The zero-order valence-corrected chi connectivity index (χ0v) is 34.7. The maximum atomic E-state index is 9.63. The number of aromatic nitrogens is 3. The van der Waals surface area contributed by atoms with Crippen LogP contribution >= 0.6 is 11.3 Å². The molecule has 0 amide bonds. The van der Waals surface area contributed by atoms with Crippen LogP contribution < -0.4 is 0 Å². The molecular formula is C55H44N4S. The molecule has 60 heavy (non-hydrogen) atoms. The quantitative estimate of drug-likeness (QED) is 0.168. The minimum Gasteiger partial charge on any atom is -0.208 e. The third-order valence-corrected chi connectivity index (χ3v) is 14.5. The van der Waals surface area contributed by atoms with Crippen LogP contribution in [0.4, 0.5) is 0 Å². The molecule has 5 heteroatoms. The molecule has 2 aliphatic rings. The smallest absolute Gasteiger partial charge is 0.164 e. The Morgan fingerprint density at radius 1 is 0.500 bits per heavy atom. The van der Waals surface area contributed by atoms with E-state index in [1.165, 1.54) is 58.2 Å². The molecule has 0 spiro atoms. The fourth-order valence-electron chi connectivity index (χ4n) is 11.0. The Balaban J connectivity index is 1.04. The lowest BCUT2D eigenvalue weighted by Crippen LogP contribution is -2.42. The highest BCUT2D eigenvalue weighted by Gasteiger charge is 2.45. The summed E-state index contributed by atoms with van der Waals surface area (Å²) in [6.07, 6.45) is 6.58. The van der Waals surface area contributed by atoms with Crippen molar-refractivity contribution in [3.8, 4) is 62.5 Å². The zero-order chi connectivity index (χ0) is 40.4. The van der Waals surface area contributed by atoms with Gasteiger partial charge in [0.05, 0.1) is 11.6 Å². The highest BCUT2D eigenvalue weighted by atomic mass is 32.1. The van der Waals surface area contributed by atoms with Crippen LogP contribution in [0, 0.1) is 29.1 Å². The van der Waals surface area contributed by atoms with Gasteiger partial charge in [-0.25, -0.2) is 15.0 Å². The number of hydrogen-bond acceptors (Lipinski definition) is 5. The van der Waals surface area contributed by atoms with Crippen molar-refractivity contribution in [3.05, 3.63) is 163 Å². The Hall–Kier alpha value is -6.48. The summed E-state index contributed by atoms with van der Waals surface area (Å²) in [5, 5.41) is 14.2. The molecule has 11 rings (SSSR count). The van der Waals surface area contributed by atoms with E-state index in [2.05, 4.69) is 159 Å². The van der Waals surface area contributed by atoms with Crippen molar-refractivity contribution in [2.75, 3.05) is 0 Å². The van der Waals surface area contributed by atoms with Crippen LogP contribution in [0.1, 0.15) is 57.1 Å². The molecule has 2 aliphatic carbocycles. The number of nitrogens with zero attached hydrogens (tertiary/aromatic N) is 4. The van der Waals surface area contributed by atoms with Crippen LogP contribution in [0.15, 0.2) is 152 Å². The predicted octanol–water partition coefficient (Wildman–Crippen LogP) is 14.7. The van der Waals surface area contributed by atoms with Gasteiger partial charge in [0.2, 0.25) is 0 Å². The standard InChI is InChI=1S/C55H44N4S/c1-34-25-37-26-35(2)31-55(30-34,32-37)43-21-18-39(19-22-43)52-57-53(59-54(58-52)47-16-8-14-45-44(13-7-15-46(45)47)38-9-4-3-5-10-38)42-12-6-11-40(28-42)41-20-24-51-49(29-41)48-27-36(33-56)17-23-50(48)60-51/h3-24,27-29,34-35,37H,25-26,30-32H2,1-2H3/t34-,35+,37?,55?. The summed E-state index contributed by atoms with van der Waals surface area (Å²) in [6.45, 7) is 4.91. The topological polar surface area (TPSA) is 62.5 Å². The third kappa shape index (κ3) is 6.47. The highest BCUT2D eigenvalue weighted by molar-refractivity contribution is 7.25. The van der Waals surface area contributed by atoms with Crippen molar-refractivity contribution < 1.29 is 0 Å². The lowest BCUT2D eigenvalue weighted by molar-refractivity contribution is 0.0780. The van der Waals surface area contributed by atoms with E-state index in [4.69, 9.17) is 15.0 Å². The number of nitriles is 1. The lowest BCUT2D eigenvalue weighted by Gasteiger charge is -2.50. The van der Waals surface area contributed by atoms with Crippen LogP contribution in [0.3, 0.4) is 0 Å². The minimum atomic E-state index is 0.254. The Morgan fingerprint density at radius 3 is 1.83 bits per heavy atom. The van der Waals surface area contributed by atoms with Gasteiger partial charge in [-0.2, -0.15) is 5.26 Å². The van der Waals surface area contributed by atoms with Gasteiger partial charge < -0.3 is 0 Å². The summed E-state index contributed by atoms with van der Waals surface area (Å²) in [7, 11) is 0. The second-order valence-electron chi connectivity index (χ2n) is 17.6. The normalized spacial score (nSPS) is 20.1. The first-order valence-electron chi connectivity index (χ1n) is 21.3. The van der Waals surface area contributed by atoms with Crippen LogP contribution in [-0.4, -0.2) is 15.0 Å². The number of hydrogen-bond donors (Lipinski definition) is 0. The molecule has 290 valence electrons. The maximum absolute atomic E-state index is 9.63. The molecule has 2 fully saturated rings. The Morgan fingerprint density at radius 2 is 1.08 bits per heavy atom. The molecule has 2 heterocycles. The molecule has 0 N–H and O–H groups in total. The van der Waals surface area contributed by atoms with E-state index in [1.54, 1.807) is 11.3 Å². The van der Waals surface area contributed by atoms with Crippen molar-refractivity contribution in [2.45, 2.75) is 51.4 Å². The van der Waals surface area contributed by atoms with Gasteiger partial charge in [-0.15, -0.1) is 11.3 Å². The molecule has 2 unspecified atom stereocenters. The molecular weight excluding hydrogens is 749 g/mol. The van der Waals surface area contributed by atoms with Gasteiger partial charge in [-0.05, 0) is 130 Å². The van der Waals surface area contributed by atoms with E-state index in [-0.39, 0.29) is 5.41 Å². The average Bonchev–Trinajstić information content (AvgIpc) is 3.65. The third-order valence-electron chi connectivity index (χ3n) is 13.3. The molecule has 4 atom stereocenters. The summed E-state index contributed by atoms with van der Waals surface area (Å²) < 4.78 is 2.39. The molecule has 2 bridgehead atoms. The fourth-order valence-corrected chi connectivity index (χ4v) is 12.1. The summed E-state index contributed by atoms with van der Waals surface area (Å²) in [5.41, 5.74) is 9.85. The Labute approximate surface area is 355 Å². The molecule has 0 saturated heterocycles. The molecule has 2 saturated carbocycles. The van der Waals surface area contributed by atoms with Crippen molar-refractivity contribution in [3.63, 3.8) is 0 Å². The summed E-state index contributed by atoms with van der Waals surface area (Å²) in [4.78, 5) is 15.8. The van der Waals surface area contributed by atoms with E-state index in [1.807, 2.05) is 12.1 Å². The van der Waals surface area contributed by atoms with Gasteiger partial charge in [-0.3, -0.25) is 0 Å². The second kappa shape index (κ2) is 14.7. The van der Waals surface area contributed by atoms with Crippen molar-refractivity contribution in [1.29, 1.82) is 5.26 Å². The molecule has 7 aromatic carbocycles. The van der Waals surface area contributed by atoms with Crippen molar-refractivity contribution in [2.24, 2.45) is 17.8 Å². The molecule has 2 aromatic heterocycles. The number of benzene rings is 7. The number of fused-ring (bicyclic) bond motifs is 6. The Kier molecular flexibility index (Phi) is 8.94. The van der Waals surface area contributed by atoms with E-state index in [9.17, 15) is 5.26 Å². The van der Waals surface area contributed by atoms with Crippen LogP contribution in [-0.2, 0) is 5.41 Å². The lowest BCUT2D eigenvalue weighted by atomic mass is 9.54. The first-order valence-corrected chi connectivity index (χ1v) is 22.1. The minimum absolute atomic E-state index is 0.254. The first-order chi connectivity index (χ1) is 29.4. The van der Waals surface area contributed by atoms with E-state index < -0.39 is 0 Å². The number of thiophene rings is 1. The van der Waals surface area contributed by atoms with E-state index in [0.717, 1.165) is 67.1 Å². The fraction of sp³-hybridized carbons (Fsp3) is 0.200. The second-order valence-corrected chi connectivity index (χ2v) is 18.7. The van der Waals surface area contributed by atoms with E-state index >= 15 is 0 Å². The molecule has 0 radical (unpaired) electrons. The van der Waals surface area contributed by atoms with Crippen molar-refractivity contribution >= 4 is 42.3 Å². The summed E-state index contributed by atoms with van der Waals surface area (Å²) >= 11 is 1.76. The van der Waals surface area contributed by atoms with E-state index in [0.29, 0.717) is 23.0 Å². The Bertz CT molecular complexity index is 3120. The van der Waals surface area contributed by atoms with Crippen LogP contribution in [0.5, 0.6) is 0 Å². The molecule has 0 aliphatic heterocycles. The van der Waals surface area contributed by atoms with Gasteiger partial charge in [0.15, 0.2) is 17.5 Å². The average molecular weight is 793 g/mol. The van der Waals surface area contributed by atoms with Gasteiger partial charge in [0, 0.05) is 36.9 Å². The summed E-state index contributed by atoms with van der Waals surface area (Å²) in [5.74, 6) is 4.31. The predicted molar refractivity (Wildman–Crippen MR) is 249 cm³/mol. The highest BCUT2D eigenvalue weighted by Crippen LogP contribution is 2.54. The first kappa shape index (κ1) is 36.6. The summed E-state index contributed by atoms with van der Waals surface area (Å²) in [6, 6.07) is 56.3. The monoisotopic (exact) mass is 792 g/mol. The van der Waals surface area contributed by atoms with Crippen molar-refractivity contribution in [1.82, 2.24) is 15.0 Å². The SMILES string of the molecule is C[C@@H]1CC2C[C@H](C)CC(c3ccc(-c4nc(-c5cccc(-c6ccc7sc8ccc(C#N)cc8c7c6)c5)nc(-c5cccc6c(-c7ccccc7)cccc56)n4)cc3)(C2)C1. The van der Waals surface area contributed by atoms with Crippen LogP contribution in [0.25, 0.3) is 87.4 Å². The van der Waals surface area contributed by atoms with Gasteiger partial charge in [-0.1, -0.05) is 129 Å². The van der Waals surface area contributed by atoms with Gasteiger partial charge in [0.1, 0.15) is 0 Å². The van der Waals surface area contributed by atoms with Gasteiger partial charge >= 0.3 is 0 Å². The molecule has 9 aromatic rings. The van der Waals surface area contributed by atoms with Crippen LogP contribution in [0.2, 0.25) is 0 Å².